The lowest BCUT2D eigenvalue weighted by Gasteiger charge is -2.07. The maximum absolute atomic E-state index is 5.77. The van der Waals surface area contributed by atoms with Gasteiger partial charge < -0.3 is 4.74 Å². The topological polar surface area (TPSA) is 22.1 Å². The molecule has 0 radical (unpaired) electrons. The van der Waals surface area contributed by atoms with Crippen LogP contribution in [0.1, 0.15) is 17.0 Å². The lowest BCUT2D eigenvalue weighted by Crippen LogP contribution is -1.99. The molecule has 0 saturated carbocycles. The van der Waals surface area contributed by atoms with Gasteiger partial charge in [-0.2, -0.15) is 0 Å². The van der Waals surface area contributed by atoms with E-state index in [9.17, 15) is 0 Å². The van der Waals surface area contributed by atoms with Crippen molar-refractivity contribution in [1.82, 2.24) is 4.98 Å². The van der Waals surface area contributed by atoms with Crippen molar-refractivity contribution in [3.8, 4) is 5.75 Å². The van der Waals surface area contributed by atoms with E-state index in [0.29, 0.717) is 12.5 Å². The Morgan fingerprint density at radius 3 is 2.76 bits per heavy atom. The fourth-order valence-corrected chi connectivity index (χ4v) is 1.72. The van der Waals surface area contributed by atoms with Crippen molar-refractivity contribution >= 4 is 11.6 Å². The minimum absolute atomic E-state index is 0.480. The lowest BCUT2D eigenvalue weighted by atomic mass is 10.2. The summed E-state index contributed by atoms with van der Waals surface area (Å²) in [5.41, 5.74) is 2.99. The molecular formula is C14H14ClNO. The second-order valence-electron chi connectivity index (χ2n) is 3.84. The monoisotopic (exact) mass is 247 g/mol. The van der Waals surface area contributed by atoms with E-state index in [2.05, 4.69) is 4.98 Å². The Kier molecular flexibility index (Phi) is 3.99. The van der Waals surface area contributed by atoms with Crippen LogP contribution in [0.2, 0.25) is 0 Å². The quantitative estimate of drug-likeness (QED) is 0.769. The zero-order chi connectivity index (χ0) is 12.1. The molecule has 2 aromatic rings. The highest BCUT2D eigenvalue weighted by molar-refractivity contribution is 6.17. The summed E-state index contributed by atoms with van der Waals surface area (Å²) in [5, 5.41) is 0. The Balaban J connectivity index is 2.02. The number of alkyl halides is 1. The van der Waals surface area contributed by atoms with Gasteiger partial charge in [0.05, 0.1) is 5.69 Å². The first-order valence-corrected chi connectivity index (χ1v) is 6.01. The second-order valence-corrected chi connectivity index (χ2v) is 4.11. The van der Waals surface area contributed by atoms with E-state index in [4.69, 9.17) is 16.3 Å². The average Bonchev–Trinajstić information content (AvgIpc) is 2.37. The van der Waals surface area contributed by atoms with Crippen molar-refractivity contribution in [2.75, 3.05) is 0 Å². The van der Waals surface area contributed by atoms with E-state index in [1.807, 2.05) is 49.4 Å². The number of halogens is 1. The summed E-state index contributed by atoms with van der Waals surface area (Å²) in [7, 11) is 0. The van der Waals surface area contributed by atoms with Crippen LogP contribution in [-0.4, -0.2) is 4.98 Å². The first-order valence-electron chi connectivity index (χ1n) is 5.48. The van der Waals surface area contributed by atoms with Crippen LogP contribution < -0.4 is 4.74 Å². The Bertz CT molecular complexity index is 499. The van der Waals surface area contributed by atoms with Crippen molar-refractivity contribution in [3.63, 3.8) is 0 Å². The SMILES string of the molecule is Cc1cccc(COc2cccc(CCl)c2)n1. The number of ether oxygens (including phenoxy) is 1. The number of hydrogen-bond acceptors (Lipinski definition) is 2. The highest BCUT2D eigenvalue weighted by atomic mass is 35.5. The number of rotatable bonds is 4. The van der Waals surface area contributed by atoms with Gasteiger partial charge >= 0.3 is 0 Å². The molecule has 0 atom stereocenters. The molecule has 0 N–H and O–H groups in total. The number of benzene rings is 1. The maximum Gasteiger partial charge on any atom is 0.130 e. The smallest absolute Gasteiger partial charge is 0.130 e. The van der Waals surface area contributed by atoms with Gasteiger partial charge in [-0.15, -0.1) is 11.6 Å². The van der Waals surface area contributed by atoms with Crippen LogP contribution in [0.5, 0.6) is 5.75 Å². The summed E-state index contributed by atoms with van der Waals surface area (Å²) in [6.45, 7) is 2.45. The molecule has 1 heterocycles. The maximum atomic E-state index is 5.77. The van der Waals surface area contributed by atoms with Crippen molar-refractivity contribution in [3.05, 3.63) is 59.4 Å². The number of nitrogens with zero attached hydrogens (tertiary/aromatic N) is 1. The molecule has 1 aromatic heterocycles. The minimum atomic E-state index is 0.480. The van der Waals surface area contributed by atoms with Crippen LogP contribution in [0.4, 0.5) is 0 Å². The van der Waals surface area contributed by atoms with Crippen molar-refractivity contribution in [2.45, 2.75) is 19.4 Å². The Morgan fingerprint density at radius 2 is 2.00 bits per heavy atom. The van der Waals surface area contributed by atoms with Crippen molar-refractivity contribution < 1.29 is 4.74 Å². The van der Waals surface area contributed by atoms with Gasteiger partial charge in [0.2, 0.25) is 0 Å². The van der Waals surface area contributed by atoms with Crippen LogP contribution in [0, 0.1) is 6.92 Å². The van der Waals surface area contributed by atoms with Crippen LogP contribution in [-0.2, 0) is 12.5 Å². The van der Waals surface area contributed by atoms with E-state index in [0.717, 1.165) is 22.7 Å². The normalized spacial score (nSPS) is 10.2. The van der Waals surface area contributed by atoms with Crippen molar-refractivity contribution in [2.24, 2.45) is 0 Å². The van der Waals surface area contributed by atoms with Gasteiger partial charge in [0.25, 0.3) is 0 Å². The summed E-state index contributed by atoms with van der Waals surface area (Å²) in [6.07, 6.45) is 0. The predicted molar refractivity (Wildman–Crippen MR) is 69.3 cm³/mol. The molecule has 0 saturated heterocycles. The van der Waals surface area contributed by atoms with E-state index in [1.165, 1.54) is 0 Å². The van der Waals surface area contributed by atoms with Gasteiger partial charge in [-0.25, -0.2) is 0 Å². The van der Waals surface area contributed by atoms with E-state index in [1.54, 1.807) is 0 Å². The molecular weight excluding hydrogens is 234 g/mol. The molecule has 0 aliphatic carbocycles. The third kappa shape index (κ3) is 3.46. The fourth-order valence-electron chi connectivity index (χ4n) is 1.56. The molecule has 0 aliphatic heterocycles. The third-order valence-electron chi connectivity index (χ3n) is 2.39. The molecule has 0 bridgehead atoms. The van der Waals surface area contributed by atoms with Crippen LogP contribution in [0.3, 0.4) is 0 Å². The first kappa shape index (κ1) is 11.9. The second kappa shape index (κ2) is 5.69. The number of aryl methyl sites for hydroxylation is 1. The molecule has 2 rings (SSSR count). The van der Waals surface area contributed by atoms with Gasteiger partial charge in [-0.3, -0.25) is 4.98 Å². The predicted octanol–water partition coefficient (Wildman–Crippen LogP) is 3.71. The molecule has 0 fully saturated rings. The fraction of sp³-hybridized carbons (Fsp3) is 0.214. The van der Waals surface area contributed by atoms with Crippen LogP contribution in [0.15, 0.2) is 42.5 Å². The lowest BCUT2D eigenvalue weighted by molar-refractivity contribution is 0.301. The molecule has 3 heteroatoms. The number of aromatic nitrogens is 1. The molecule has 1 aromatic carbocycles. The molecule has 2 nitrogen and oxygen atoms in total. The first-order chi connectivity index (χ1) is 8.28. The summed E-state index contributed by atoms with van der Waals surface area (Å²) >= 11 is 5.77. The molecule has 0 spiro atoms. The van der Waals surface area contributed by atoms with Crippen LogP contribution >= 0.6 is 11.6 Å². The van der Waals surface area contributed by atoms with E-state index >= 15 is 0 Å². The van der Waals surface area contributed by atoms with Gasteiger partial charge in [-0.05, 0) is 36.8 Å². The molecule has 0 aliphatic rings. The zero-order valence-electron chi connectivity index (χ0n) is 9.69. The standard InChI is InChI=1S/C14H14ClNO/c1-11-4-2-6-13(16-11)10-17-14-7-3-5-12(8-14)9-15/h2-8H,9-10H2,1H3. The van der Waals surface area contributed by atoms with Crippen molar-refractivity contribution in [1.29, 1.82) is 0 Å². The molecule has 17 heavy (non-hydrogen) atoms. The van der Waals surface area contributed by atoms with Gasteiger partial charge in [0, 0.05) is 11.6 Å². The minimum Gasteiger partial charge on any atom is -0.487 e. The summed E-state index contributed by atoms with van der Waals surface area (Å²) in [4.78, 5) is 4.38. The molecule has 0 unspecified atom stereocenters. The van der Waals surface area contributed by atoms with Crippen LogP contribution in [0.25, 0.3) is 0 Å². The Morgan fingerprint density at radius 1 is 1.18 bits per heavy atom. The Labute approximate surface area is 106 Å². The largest absolute Gasteiger partial charge is 0.487 e. The molecule has 0 amide bonds. The Hall–Kier alpha value is -1.54. The highest BCUT2D eigenvalue weighted by Crippen LogP contribution is 2.16. The van der Waals surface area contributed by atoms with E-state index in [-0.39, 0.29) is 0 Å². The third-order valence-corrected chi connectivity index (χ3v) is 2.69. The summed E-state index contributed by atoms with van der Waals surface area (Å²) in [6, 6.07) is 13.7. The van der Waals surface area contributed by atoms with Gasteiger partial charge in [0.15, 0.2) is 0 Å². The average molecular weight is 248 g/mol. The van der Waals surface area contributed by atoms with E-state index < -0.39 is 0 Å². The number of pyridine rings is 1. The summed E-state index contributed by atoms with van der Waals surface area (Å²) < 4.78 is 5.67. The highest BCUT2D eigenvalue weighted by Gasteiger charge is 1.98. The summed E-state index contributed by atoms with van der Waals surface area (Å²) in [5.74, 6) is 1.33. The number of hydrogen-bond donors (Lipinski definition) is 0. The molecule has 88 valence electrons. The van der Waals surface area contributed by atoms with Gasteiger partial charge in [-0.1, -0.05) is 18.2 Å². The zero-order valence-corrected chi connectivity index (χ0v) is 10.4. The van der Waals surface area contributed by atoms with Gasteiger partial charge in [0.1, 0.15) is 12.4 Å².